The summed E-state index contributed by atoms with van der Waals surface area (Å²) in [5, 5.41) is 10.3. The molecule has 3 aromatic rings. The van der Waals surface area contributed by atoms with Gasteiger partial charge in [-0.25, -0.2) is 4.39 Å². The number of carbonyl (C=O) groups is 2. The first-order valence-electron chi connectivity index (χ1n) is 13.5. The van der Waals surface area contributed by atoms with Crippen molar-refractivity contribution < 1.29 is 28.2 Å². The first-order valence-corrected chi connectivity index (χ1v) is 13.5. The molecule has 1 aliphatic heterocycles. The van der Waals surface area contributed by atoms with E-state index in [2.05, 4.69) is 5.32 Å². The van der Waals surface area contributed by atoms with E-state index < -0.39 is 17.8 Å². The smallest absolute Gasteiger partial charge is 0.254 e. The van der Waals surface area contributed by atoms with E-state index in [1.165, 1.54) is 19.2 Å². The largest absolute Gasteiger partial charge is 0.494 e. The van der Waals surface area contributed by atoms with Gasteiger partial charge in [0, 0.05) is 62.3 Å². The van der Waals surface area contributed by atoms with Crippen LogP contribution in [-0.4, -0.2) is 55.5 Å². The summed E-state index contributed by atoms with van der Waals surface area (Å²) in [6.45, 7) is 3.28. The molecule has 1 fully saturated rings. The van der Waals surface area contributed by atoms with Crippen molar-refractivity contribution in [2.24, 2.45) is 5.73 Å². The molecule has 9 nitrogen and oxygen atoms in total. The van der Waals surface area contributed by atoms with Crippen LogP contribution in [0.25, 0.3) is 0 Å². The minimum Gasteiger partial charge on any atom is -0.494 e. The van der Waals surface area contributed by atoms with Crippen LogP contribution in [0.15, 0.2) is 66.7 Å². The molecule has 0 saturated carbocycles. The van der Waals surface area contributed by atoms with Gasteiger partial charge in [0.1, 0.15) is 17.7 Å². The molecular formula is C31H35FN4O5. The molecular weight excluding hydrogens is 527 g/mol. The van der Waals surface area contributed by atoms with Gasteiger partial charge in [0.15, 0.2) is 17.7 Å². The van der Waals surface area contributed by atoms with Crippen LogP contribution in [0.1, 0.15) is 52.9 Å². The molecule has 1 atom stereocenters. The number of methoxy groups -OCH3 is 1. The summed E-state index contributed by atoms with van der Waals surface area (Å²) in [5.74, 6) is -1.01. The molecule has 2 amide bonds. The lowest BCUT2D eigenvalue weighted by atomic mass is 10.0. The van der Waals surface area contributed by atoms with Gasteiger partial charge in [-0.2, -0.15) is 0 Å². The van der Waals surface area contributed by atoms with Crippen LogP contribution in [0.2, 0.25) is 0 Å². The number of rotatable bonds is 11. The topological polar surface area (TPSA) is 127 Å². The second kappa shape index (κ2) is 13.8. The number of piperidine rings is 1. The highest BCUT2D eigenvalue weighted by Crippen LogP contribution is 2.34. The molecule has 3 aromatic carbocycles. The predicted molar refractivity (Wildman–Crippen MR) is 153 cm³/mol. The van der Waals surface area contributed by atoms with Crippen molar-refractivity contribution in [3.05, 3.63) is 94.8 Å². The summed E-state index contributed by atoms with van der Waals surface area (Å²) in [6, 6.07) is 18.9. The number of hydrogen-bond donors (Lipinski definition) is 3. The van der Waals surface area contributed by atoms with Crippen molar-refractivity contribution in [1.29, 1.82) is 5.41 Å². The highest BCUT2D eigenvalue weighted by Gasteiger charge is 2.29. The molecule has 0 radical (unpaired) electrons. The number of nitrogens with zero attached hydrogens (tertiary/aromatic N) is 1. The van der Waals surface area contributed by atoms with Crippen molar-refractivity contribution in [3.8, 4) is 11.5 Å². The van der Waals surface area contributed by atoms with Crippen LogP contribution in [0.5, 0.6) is 11.5 Å². The van der Waals surface area contributed by atoms with E-state index in [4.69, 9.17) is 25.4 Å². The Morgan fingerprint density at radius 2 is 1.76 bits per heavy atom. The minimum absolute atomic E-state index is 0.00503. The molecule has 41 heavy (non-hydrogen) atoms. The number of amides is 2. The SMILES string of the molecule is CCOc1cc(OC2CCN(C(=O)c3ccccc3)CC2)c(F)c([C@H](OC)C(=O)NCc2ccc(C(=N)N)cc2)c1. The summed E-state index contributed by atoms with van der Waals surface area (Å²) in [5.41, 5.74) is 7.47. The number of carbonyl (C=O) groups excluding carboxylic acids is 2. The van der Waals surface area contributed by atoms with Gasteiger partial charge in [0.2, 0.25) is 0 Å². The van der Waals surface area contributed by atoms with E-state index in [1.807, 2.05) is 18.2 Å². The molecule has 216 valence electrons. The number of nitrogen functional groups attached to an aromatic ring is 1. The van der Waals surface area contributed by atoms with Crippen molar-refractivity contribution >= 4 is 17.6 Å². The van der Waals surface area contributed by atoms with Crippen LogP contribution in [0.3, 0.4) is 0 Å². The molecule has 4 rings (SSSR count). The van der Waals surface area contributed by atoms with E-state index in [9.17, 15) is 9.59 Å². The predicted octanol–water partition coefficient (Wildman–Crippen LogP) is 4.20. The number of amidine groups is 1. The Morgan fingerprint density at radius 1 is 1.07 bits per heavy atom. The molecule has 10 heteroatoms. The van der Waals surface area contributed by atoms with E-state index in [1.54, 1.807) is 48.2 Å². The summed E-state index contributed by atoms with van der Waals surface area (Å²) in [6.07, 6.45) is -0.507. The van der Waals surface area contributed by atoms with E-state index in [-0.39, 0.29) is 35.7 Å². The number of benzene rings is 3. The van der Waals surface area contributed by atoms with Crippen LogP contribution in [-0.2, 0) is 16.1 Å². The Hall–Kier alpha value is -4.44. The van der Waals surface area contributed by atoms with E-state index in [0.717, 1.165) is 5.56 Å². The molecule has 1 saturated heterocycles. The molecule has 0 aromatic heterocycles. The van der Waals surface area contributed by atoms with Crippen molar-refractivity contribution in [1.82, 2.24) is 10.2 Å². The van der Waals surface area contributed by atoms with Gasteiger partial charge in [0.25, 0.3) is 11.8 Å². The molecule has 0 bridgehead atoms. The summed E-state index contributed by atoms with van der Waals surface area (Å²) < 4.78 is 33.0. The molecule has 1 aliphatic rings. The highest BCUT2D eigenvalue weighted by atomic mass is 19.1. The monoisotopic (exact) mass is 562 g/mol. The number of likely N-dealkylation sites (tertiary alicyclic amines) is 1. The summed E-state index contributed by atoms with van der Waals surface area (Å²) >= 11 is 0. The van der Waals surface area contributed by atoms with E-state index in [0.29, 0.717) is 49.4 Å². The molecule has 0 aliphatic carbocycles. The van der Waals surface area contributed by atoms with Gasteiger partial charge in [-0.05, 0) is 30.7 Å². The third-order valence-corrected chi connectivity index (χ3v) is 6.88. The van der Waals surface area contributed by atoms with Gasteiger partial charge in [-0.1, -0.05) is 42.5 Å². The molecule has 4 N–H and O–H groups in total. The van der Waals surface area contributed by atoms with Gasteiger partial charge in [-0.3, -0.25) is 15.0 Å². The number of nitrogens with two attached hydrogens (primary N) is 1. The van der Waals surface area contributed by atoms with Crippen LogP contribution in [0, 0.1) is 11.2 Å². The normalized spacial score (nSPS) is 14.3. The third kappa shape index (κ3) is 7.40. The molecule has 1 heterocycles. The second-order valence-corrected chi connectivity index (χ2v) is 9.68. The first kappa shape index (κ1) is 29.5. The number of nitrogens with one attached hydrogen (secondary N) is 2. The Kier molecular flexibility index (Phi) is 9.91. The number of hydrogen-bond acceptors (Lipinski definition) is 6. The van der Waals surface area contributed by atoms with E-state index >= 15 is 4.39 Å². The Morgan fingerprint density at radius 3 is 2.37 bits per heavy atom. The van der Waals surface area contributed by atoms with Crippen molar-refractivity contribution in [2.45, 2.75) is 38.5 Å². The quantitative estimate of drug-likeness (QED) is 0.238. The zero-order valence-corrected chi connectivity index (χ0v) is 23.2. The average molecular weight is 563 g/mol. The lowest BCUT2D eigenvalue weighted by Gasteiger charge is -2.32. The lowest BCUT2D eigenvalue weighted by Crippen LogP contribution is -2.41. The fourth-order valence-corrected chi connectivity index (χ4v) is 4.70. The summed E-state index contributed by atoms with van der Waals surface area (Å²) in [4.78, 5) is 27.6. The van der Waals surface area contributed by atoms with Crippen LogP contribution < -0.4 is 20.5 Å². The van der Waals surface area contributed by atoms with Crippen LogP contribution in [0.4, 0.5) is 4.39 Å². The second-order valence-electron chi connectivity index (χ2n) is 9.68. The average Bonchev–Trinajstić information content (AvgIpc) is 2.99. The Bertz CT molecular complexity index is 1360. The van der Waals surface area contributed by atoms with Gasteiger partial charge in [-0.15, -0.1) is 0 Å². The maximum atomic E-state index is 15.8. The maximum Gasteiger partial charge on any atom is 0.254 e. The lowest BCUT2D eigenvalue weighted by molar-refractivity contribution is -0.131. The summed E-state index contributed by atoms with van der Waals surface area (Å²) in [7, 11) is 1.33. The fourth-order valence-electron chi connectivity index (χ4n) is 4.70. The molecule has 0 spiro atoms. The number of ether oxygens (including phenoxy) is 3. The molecule has 0 unspecified atom stereocenters. The highest BCUT2D eigenvalue weighted by molar-refractivity contribution is 5.95. The van der Waals surface area contributed by atoms with Gasteiger partial charge in [0.05, 0.1) is 6.61 Å². The van der Waals surface area contributed by atoms with Crippen molar-refractivity contribution in [2.75, 3.05) is 26.8 Å². The van der Waals surface area contributed by atoms with Crippen LogP contribution >= 0.6 is 0 Å². The zero-order valence-electron chi connectivity index (χ0n) is 23.2. The first-order chi connectivity index (χ1) is 19.8. The van der Waals surface area contributed by atoms with Gasteiger partial charge >= 0.3 is 0 Å². The third-order valence-electron chi connectivity index (χ3n) is 6.88. The standard InChI is InChI=1S/C31H35FN4O5/c1-3-40-24-17-25(28(39-2)30(37)35-19-20-9-11-21(12-10-20)29(33)34)27(32)26(18-24)41-23-13-15-36(16-14-23)31(38)22-7-5-4-6-8-22/h4-12,17-18,23,28H,3,13-16,19H2,1-2H3,(H3,33,34)(H,35,37)/t28-/m0/s1. The van der Waals surface area contributed by atoms with Gasteiger partial charge < -0.3 is 30.2 Å². The number of halogens is 1. The Labute approximate surface area is 238 Å². The minimum atomic E-state index is -1.25. The maximum absolute atomic E-state index is 15.8. The fraction of sp³-hybridized carbons (Fsp3) is 0.323. The van der Waals surface area contributed by atoms with Crippen molar-refractivity contribution in [3.63, 3.8) is 0 Å². The Balaban J connectivity index is 1.45. The zero-order chi connectivity index (χ0) is 29.4.